The summed E-state index contributed by atoms with van der Waals surface area (Å²) in [5.41, 5.74) is 6.49. The summed E-state index contributed by atoms with van der Waals surface area (Å²) in [6.07, 6.45) is 1.64. The average Bonchev–Trinajstić information content (AvgIpc) is 2.97. The lowest BCUT2D eigenvalue weighted by Crippen LogP contribution is -2.34. The van der Waals surface area contributed by atoms with E-state index in [-0.39, 0.29) is 12.5 Å². The topological polar surface area (TPSA) is 72.6 Å². The molecule has 0 unspecified atom stereocenters. The van der Waals surface area contributed by atoms with Crippen LogP contribution in [0, 0.1) is 0 Å². The highest BCUT2D eigenvalue weighted by Crippen LogP contribution is 2.23. The Morgan fingerprint density at radius 3 is 2.54 bits per heavy atom. The van der Waals surface area contributed by atoms with Crippen LogP contribution in [0.25, 0.3) is 0 Å². The van der Waals surface area contributed by atoms with Gasteiger partial charge in [-0.2, -0.15) is 0 Å². The molecule has 0 saturated heterocycles. The minimum absolute atomic E-state index is 0.275. The lowest BCUT2D eigenvalue weighted by atomic mass is 10.2. The van der Waals surface area contributed by atoms with Gasteiger partial charge in [0.15, 0.2) is 6.61 Å². The summed E-state index contributed by atoms with van der Waals surface area (Å²) in [6, 6.07) is 10.2. The smallest absolute Gasteiger partial charge is 0.338 e. The van der Waals surface area contributed by atoms with Gasteiger partial charge in [0.25, 0.3) is 5.91 Å². The van der Waals surface area contributed by atoms with Crippen molar-refractivity contribution in [3.8, 4) is 0 Å². The summed E-state index contributed by atoms with van der Waals surface area (Å²) in [7, 11) is 0. The fourth-order valence-electron chi connectivity index (χ4n) is 1.96. The maximum Gasteiger partial charge on any atom is 0.338 e. The van der Waals surface area contributed by atoms with Gasteiger partial charge in [-0.15, -0.1) is 17.9 Å². The number of ether oxygens (including phenoxy) is 1. The van der Waals surface area contributed by atoms with Gasteiger partial charge in [-0.1, -0.05) is 6.08 Å². The number of anilines is 1. The highest BCUT2D eigenvalue weighted by atomic mass is 79.9. The zero-order valence-corrected chi connectivity index (χ0v) is 15.3. The number of benzene rings is 1. The summed E-state index contributed by atoms with van der Waals surface area (Å²) >= 11 is 4.95. The minimum atomic E-state index is -0.555. The summed E-state index contributed by atoms with van der Waals surface area (Å²) in [4.78, 5) is 26.9. The molecule has 7 heteroatoms. The number of amides is 1. The third-order valence-electron chi connectivity index (χ3n) is 3.15. The molecule has 2 N–H and O–H groups in total. The van der Waals surface area contributed by atoms with Crippen molar-refractivity contribution in [2.45, 2.75) is 6.54 Å². The van der Waals surface area contributed by atoms with Crippen LogP contribution < -0.4 is 5.73 Å². The van der Waals surface area contributed by atoms with E-state index in [9.17, 15) is 9.59 Å². The molecular weight excluding hydrogens is 392 g/mol. The fraction of sp³-hybridized carbons (Fsp3) is 0.176. The molecule has 0 aliphatic rings. The van der Waals surface area contributed by atoms with Crippen molar-refractivity contribution in [1.29, 1.82) is 0 Å². The number of rotatable bonds is 7. The highest BCUT2D eigenvalue weighted by Gasteiger charge is 2.16. The molecule has 0 atom stereocenters. The van der Waals surface area contributed by atoms with Gasteiger partial charge in [0, 0.05) is 17.1 Å². The molecule has 1 aromatic carbocycles. The van der Waals surface area contributed by atoms with Crippen LogP contribution in [0.3, 0.4) is 0 Å². The molecule has 126 valence electrons. The van der Waals surface area contributed by atoms with Gasteiger partial charge in [-0.3, -0.25) is 4.79 Å². The SMILES string of the molecule is C=CCN(Cc1ccc(Br)s1)C(=O)COC(=O)c1ccc(N)cc1. The molecule has 1 heterocycles. The van der Waals surface area contributed by atoms with Gasteiger partial charge in [0.1, 0.15) is 0 Å². The Labute approximate surface area is 152 Å². The molecule has 1 amide bonds. The maximum absolute atomic E-state index is 12.3. The number of thiophene rings is 1. The monoisotopic (exact) mass is 408 g/mol. The first-order valence-corrected chi connectivity index (χ1v) is 8.76. The highest BCUT2D eigenvalue weighted by molar-refractivity contribution is 9.11. The van der Waals surface area contributed by atoms with Crippen molar-refractivity contribution in [3.63, 3.8) is 0 Å². The molecule has 24 heavy (non-hydrogen) atoms. The molecule has 0 spiro atoms. The van der Waals surface area contributed by atoms with Crippen LogP contribution in [0.5, 0.6) is 0 Å². The largest absolute Gasteiger partial charge is 0.452 e. The minimum Gasteiger partial charge on any atom is -0.452 e. The van der Waals surface area contributed by atoms with E-state index in [0.717, 1.165) is 8.66 Å². The van der Waals surface area contributed by atoms with Gasteiger partial charge in [-0.25, -0.2) is 4.79 Å². The molecule has 0 fully saturated rings. The number of nitrogens with two attached hydrogens (primary N) is 1. The van der Waals surface area contributed by atoms with E-state index in [0.29, 0.717) is 24.3 Å². The predicted octanol–water partition coefficient (Wildman–Crippen LogP) is 3.46. The van der Waals surface area contributed by atoms with Gasteiger partial charge in [-0.05, 0) is 52.3 Å². The van der Waals surface area contributed by atoms with E-state index < -0.39 is 5.97 Å². The first kappa shape index (κ1) is 18.2. The van der Waals surface area contributed by atoms with Gasteiger partial charge in [0.05, 0.1) is 15.9 Å². The van der Waals surface area contributed by atoms with Crippen LogP contribution in [0.4, 0.5) is 5.69 Å². The number of esters is 1. The molecule has 2 aromatic rings. The van der Waals surface area contributed by atoms with E-state index in [2.05, 4.69) is 22.5 Å². The van der Waals surface area contributed by atoms with Crippen LogP contribution >= 0.6 is 27.3 Å². The van der Waals surface area contributed by atoms with Crippen molar-refractivity contribution in [2.75, 3.05) is 18.9 Å². The Hall–Kier alpha value is -2.12. The molecule has 0 saturated carbocycles. The van der Waals surface area contributed by atoms with Crippen LogP contribution in [0.15, 0.2) is 52.8 Å². The Morgan fingerprint density at radius 1 is 1.25 bits per heavy atom. The van der Waals surface area contributed by atoms with Gasteiger partial charge < -0.3 is 15.4 Å². The second kappa shape index (κ2) is 8.65. The van der Waals surface area contributed by atoms with E-state index in [1.54, 1.807) is 46.6 Å². The van der Waals surface area contributed by atoms with Crippen LogP contribution in [-0.4, -0.2) is 29.9 Å². The first-order chi connectivity index (χ1) is 11.5. The second-order valence-electron chi connectivity index (χ2n) is 4.97. The van der Waals surface area contributed by atoms with E-state index in [4.69, 9.17) is 10.5 Å². The zero-order valence-electron chi connectivity index (χ0n) is 12.9. The normalized spacial score (nSPS) is 10.2. The maximum atomic E-state index is 12.3. The third-order valence-corrected chi connectivity index (χ3v) is 4.76. The van der Waals surface area contributed by atoms with E-state index in [1.807, 2.05) is 12.1 Å². The lowest BCUT2D eigenvalue weighted by molar-refractivity contribution is -0.134. The Kier molecular flexibility index (Phi) is 6.57. The second-order valence-corrected chi connectivity index (χ2v) is 7.51. The molecule has 5 nitrogen and oxygen atoms in total. The molecular formula is C17H17BrN2O3S. The van der Waals surface area contributed by atoms with Crippen LogP contribution in [0.2, 0.25) is 0 Å². The lowest BCUT2D eigenvalue weighted by Gasteiger charge is -2.20. The molecule has 0 aliphatic heterocycles. The molecule has 1 aromatic heterocycles. The van der Waals surface area contributed by atoms with Gasteiger partial charge >= 0.3 is 5.97 Å². The van der Waals surface area contributed by atoms with E-state index in [1.165, 1.54) is 0 Å². The van der Waals surface area contributed by atoms with Crippen LogP contribution in [0.1, 0.15) is 15.2 Å². The van der Waals surface area contributed by atoms with Crippen molar-refractivity contribution >= 4 is 44.8 Å². The number of nitrogen functional groups attached to an aromatic ring is 1. The predicted molar refractivity (Wildman–Crippen MR) is 98.8 cm³/mol. The summed E-state index contributed by atoms with van der Waals surface area (Å²) in [6.45, 7) is 4.17. The van der Waals surface area contributed by atoms with Gasteiger partial charge in [0.2, 0.25) is 0 Å². The summed E-state index contributed by atoms with van der Waals surface area (Å²) < 4.78 is 6.09. The van der Waals surface area contributed by atoms with Crippen molar-refractivity contribution in [2.24, 2.45) is 0 Å². The average molecular weight is 409 g/mol. The number of hydrogen-bond acceptors (Lipinski definition) is 5. The number of nitrogens with zero attached hydrogens (tertiary/aromatic N) is 1. The van der Waals surface area contributed by atoms with Crippen molar-refractivity contribution < 1.29 is 14.3 Å². The molecule has 2 rings (SSSR count). The number of carbonyl (C=O) groups excluding carboxylic acids is 2. The van der Waals surface area contributed by atoms with E-state index >= 15 is 0 Å². The Bertz CT molecular complexity index is 728. The fourth-order valence-corrected chi connectivity index (χ4v) is 3.46. The molecule has 0 bridgehead atoms. The molecule has 0 radical (unpaired) electrons. The summed E-state index contributed by atoms with van der Waals surface area (Å²) in [5, 5.41) is 0. The number of hydrogen-bond donors (Lipinski definition) is 1. The number of carbonyl (C=O) groups is 2. The Balaban J connectivity index is 1.93. The van der Waals surface area contributed by atoms with Crippen molar-refractivity contribution in [1.82, 2.24) is 4.90 Å². The summed E-state index contributed by atoms with van der Waals surface area (Å²) in [5.74, 6) is -0.830. The molecule has 0 aliphatic carbocycles. The van der Waals surface area contributed by atoms with Crippen LogP contribution in [-0.2, 0) is 16.1 Å². The standard InChI is InChI=1S/C17H17BrN2O3S/c1-2-9-20(10-14-7-8-15(18)24-14)16(21)11-23-17(22)12-3-5-13(19)6-4-12/h2-8H,1,9-11,19H2. The Morgan fingerprint density at radius 2 is 1.96 bits per heavy atom. The van der Waals surface area contributed by atoms with Crippen molar-refractivity contribution in [3.05, 3.63) is 63.3 Å². The first-order valence-electron chi connectivity index (χ1n) is 7.15. The third kappa shape index (κ3) is 5.21. The quantitative estimate of drug-likeness (QED) is 0.432. The zero-order chi connectivity index (χ0) is 17.5. The number of halogens is 1.